The van der Waals surface area contributed by atoms with Gasteiger partial charge in [0.25, 0.3) is 11.5 Å². The van der Waals surface area contributed by atoms with E-state index in [-0.39, 0.29) is 47.3 Å². The number of hydrazone groups is 1. The van der Waals surface area contributed by atoms with Crippen molar-refractivity contribution in [2.45, 2.75) is 192 Å². The molecule has 7 saturated heterocycles. The van der Waals surface area contributed by atoms with Crippen LogP contribution in [0.25, 0.3) is 0 Å². The summed E-state index contributed by atoms with van der Waals surface area (Å²) < 4.78 is 35.7. The Morgan fingerprint density at radius 1 is 0.457 bits per heavy atom. The smallest absolute Gasteiger partial charge is 0.328 e. The molecule has 0 radical (unpaired) electrons. The molecule has 1 aromatic rings. The Balaban J connectivity index is 0.000000212. The van der Waals surface area contributed by atoms with E-state index in [9.17, 15) is 90.0 Å². The predicted octanol–water partition coefficient (Wildman–Crippen LogP) is 0.490. The van der Waals surface area contributed by atoms with Gasteiger partial charge in [-0.2, -0.15) is 5.10 Å². The van der Waals surface area contributed by atoms with Crippen LogP contribution in [0, 0.1) is 5.92 Å². The first-order chi connectivity index (χ1) is 59.4. The Labute approximate surface area is 763 Å². The maximum absolute atomic E-state index is 12.1. The van der Waals surface area contributed by atoms with Crippen LogP contribution in [0.5, 0.6) is 0 Å². The van der Waals surface area contributed by atoms with Gasteiger partial charge in [-0.15, -0.1) is 79.1 Å². The van der Waals surface area contributed by atoms with Crippen LogP contribution < -0.4 is 43.1 Å². The van der Waals surface area contributed by atoms with Crippen molar-refractivity contribution in [3.8, 4) is 0 Å². The van der Waals surface area contributed by atoms with E-state index in [1.807, 2.05) is 0 Å². The molecular formula is C85H143N13O24P6S. The van der Waals surface area contributed by atoms with E-state index in [0.29, 0.717) is 84.2 Å². The summed E-state index contributed by atoms with van der Waals surface area (Å²) >= 11 is 5.03. The van der Waals surface area contributed by atoms with E-state index >= 15 is 0 Å². The van der Waals surface area contributed by atoms with E-state index in [2.05, 4.69) is 193 Å². The van der Waals surface area contributed by atoms with Crippen molar-refractivity contribution in [1.29, 1.82) is 0 Å². The van der Waals surface area contributed by atoms with Gasteiger partial charge in [0.15, 0.2) is 18.7 Å². The van der Waals surface area contributed by atoms with Gasteiger partial charge in [-0.3, -0.25) is 19.0 Å². The number of carbonyl (C=O) groups is 4. The van der Waals surface area contributed by atoms with Gasteiger partial charge in [0.05, 0.1) is 48.1 Å². The first-order valence-electron chi connectivity index (χ1n) is 42.3. The van der Waals surface area contributed by atoms with Gasteiger partial charge in [-0.1, -0.05) is 52.0 Å². The average molecular weight is 1950 g/mol. The van der Waals surface area contributed by atoms with Gasteiger partial charge >= 0.3 is 17.8 Å². The highest BCUT2D eigenvalue weighted by Gasteiger charge is 2.52. The monoisotopic (exact) mass is 1950 g/mol. The summed E-state index contributed by atoms with van der Waals surface area (Å²) in [5, 5.41) is 143. The highest BCUT2D eigenvalue weighted by Crippen LogP contribution is 2.46. The third-order valence-corrected chi connectivity index (χ3v) is 31.8. The van der Waals surface area contributed by atoms with Crippen LogP contribution in [-0.2, 0) is 45.1 Å². The summed E-state index contributed by atoms with van der Waals surface area (Å²) in [6.07, 6.45) is 23.3. The lowest BCUT2D eigenvalue weighted by molar-refractivity contribution is -0.133. The number of nitrogens with one attached hydrogen (secondary N) is 7. The third-order valence-electron chi connectivity index (χ3n) is 22.7. The number of aromatic nitrogens is 2. The Hall–Kier alpha value is -5.88. The summed E-state index contributed by atoms with van der Waals surface area (Å²) in [6.45, 7) is 39.2. The second-order valence-corrected chi connectivity index (χ2v) is 64.8. The lowest BCUT2D eigenvalue weighted by atomic mass is 9.99. The Kier molecular flexibility index (Phi) is 39.0. The molecule has 0 aliphatic carbocycles. The number of hydrogen-bond acceptors (Lipinski definition) is 29. The quantitative estimate of drug-likeness (QED) is 0.0495. The minimum atomic E-state index is -1.27. The van der Waals surface area contributed by atoms with Crippen LogP contribution in [0.2, 0.25) is 0 Å². The van der Waals surface area contributed by atoms with E-state index in [1.165, 1.54) is 29.4 Å². The molecule has 129 heavy (non-hydrogen) atoms. The molecule has 19 N–H and O–H groups in total. The van der Waals surface area contributed by atoms with Crippen molar-refractivity contribution in [3.05, 3.63) is 130 Å². The summed E-state index contributed by atoms with van der Waals surface area (Å²) in [4.78, 5) is 76.7. The fourth-order valence-corrected chi connectivity index (χ4v) is 20.9. The molecular weight excluding hydrogens is 1800 g/mol. The van der Waals surface area contributed by atoms with Crippen LogP contribution in [0.4, 0.5) is 9.59 Å². The van der Waals surface area contributed by atoms with Crippen molar-refractivity contribution in [2.75, 3.05) is 131 Å². The normalized spacial score (nSPS) is 33.1. The van der Waals surface area contributed by atoms with Crippen molar-refractivity contribution in [2.24, 2.45) is 18.1 Å². The number of rotatable bonds is 24. The topological polar surface area (TPSA) is 519 Å². The molecule has 11 aliphatic rings. The SMILES string of the molecule is C=C1NC(=O)C(C)CN1[C@@H]1O[C@H](CCP(=C)(C)C)[C@@H](O)[C@H]1O.C=C1NC(=O)C=NN1[C@@H]1O[C@H](CCP(=C)(C)C)[C@@H](O)[C@H]1O.C=C1NC(=O)N(C)C=C1[C@@H]1O[C@H](CCP(=C)(C)C)[C@@H](O)[C@H]1O.C=C1NC(=O)NC=C1[C@@H]1O[C@H](CCP(=C)(C)C)[C@@H](O)[C@H]1O.C=C1NC(=S)C=CN1[C@@H]1O[C@H](CCP(=C)(C)C)[C@@H](O)[C@H]1O.C=P(C)(C)CC[C@H]1O[C@@H](c2c[nH]c(=O)n(C)c2=O)[C@H](O)[C@@H]1O. The zero-order valence-corrected chi connectivity index (χ0v) is 83.1. The van der Waals surface area contributed by atoms with Crippen molar-refractivity contribution in [3.63, 3.8) is 0 Å². The molecule has 44 heteroatoms. The number of carbonyl (C=O) groups excluding carboxylic acids is 4. The molecule has 12 rings (SSSR count). The number of urea groups is 2. The third kappa shape index (κ3) is 31.1. The van der Waals surface area contributed by atoms with E-state index in [4.69, 9.17) is 40.6 Å². The Bertz CT molecular complexity index is 4740. The molecule has 37 nitrogen and oxygen atoms in total. The molecule has 1 unspecified atom stereocenters. The Morgan fingerprint density at radius 2 is 0.837 bits per heavy atom. The van der Waals surface area contributed by atoms with Gasteiger partial charge in [-0.05, 0) is 162 Å². The van der Waals surface area contributed by atoms with E-state index in [1.54, 1.807) is 42.2 Å². The van der Waals surface area contributed by atoms with Gasteiger partial charge in [-0.25, -0.2) is 19.4 Å². The molecule has 1 aromatic heterocycles. The second-order valence-electron chi connectivity index (χ2n) is 38.4. The molecule has 11 aliphatic heterocycles. The van der Waals surface area contributed by atoms with Gasteiger partial charge in [0.2, 0.25) is 5.91 Å². The minimum absolute atomic E-state index is 0.0885. The van der Waals surface area contributed by atoms with Crippen LogP contribution in [0.3, 0.4) is 0 Å². The first kappa shape index (κ1) is 110. The number of nitrogens with zero attached hydrogens (tertiary/aromatic N) is 6. The van der Waals surface area contributed by atoms with Gasteiger partial charge < -0.3 is 141 Å². The number of thiocarbonyl (C=S) groups is 1. The van der Waals surface area contributed by atoms with Gasteiger partial charge in [0.1, 0.15) is 120 Å². The second kappa shape index (κ2) is 45.6. The molecule has 6 amide bonds. The Morgan fingerprint density at radius 3 is 1.26 bits per heavy atom. The number of aromatic amines is 1. The number of ether oxygens (including phenoxy) is 6. The molecule has 0 saturated carbocycles. The van der Waals surface area contributed by atoms with Crippen molar-refractivity contribution < 1.29 is 109 Å². The lowest BCUT2D eigenvalue weighted by Gasteiger charge is -2.39. The minimum Gasteiger partial charge on any atom is -0.388 e. The summed E-state index contributed by atoms with van der Waals surface area (Å²) in [5.41, 5.74) is 0.963. The predicted molar refractivity (Wildman–Crippen MR) is 527 cm³/mol. The number of H-pyrrole nitrogens is 1. The summed E-state index contributed by atoms with van der Waals surface area (Å²) in [6, 6.07) is -0.668. The molecule has 0 spiro atoms. The first-order valence-corrected chi connectivity index (χ1v) is 61.0. The molecule has 0 aromatic carbocycles. The average Bonchev–Trinajstić information content (AvgIpc) is 1.67. The highest BCUT2D eigenvalue weighted by molar-refractivity contribution is 7.80. The van der Waals surface area contributed by atoms with Gasteiger partial charge in [0, 0.05) is 68.0 Å². The lowest BCUT2D eigenvalue weighted by Crippen LogP contribution is -2.54. The van der Waals surface area contributed by atoms with Crippen LogP contribution in [0.1, 0.15) is 57.1 Å². The molecule has 12 heterocycles. The summed E-state index contributed by atoms with van der Waals surface area (Å²) in [7, 11) is 2.95. The largest absolute Gasteiger partial charge is 0.388 e. The molecule has 25 atom stereocenters. The number of aliphatic hydroxyl groups excluding tert-OH is 12. The molecule has 728 valence electrons. The van der Waals surface area contributed by atoms with Crippen molar-refractivity contribution >= 4 is 126 Å². The molecule has 0 bridgehead atoms. The van der Waals surface area contributed by atoms with E-state index < -0.39 is 193 Å². The zero-order valence-electron chi connectivity index (χ0n) is 76.9. The number of amides is 6. The standard InChI is InChI=1S/C15H25N2O4P.C15H27N2O4P.C14H23N2O5P.C14H23N2O4P.C14H23N2O3PS.C13H22N3O4P/c1-9-10(8-17(2)15(20)16-9)14-13(19)12(18)11(21-14)6-7-22(3,4)5;1-9-8-17(10(2)16-14(9)20)15-13(19)12(18)11(21-15)6-7-22(3,4)5;1-16-13(19)8(7-15-14(16)20)12-11(18)10(17)9(21-12)5-6-22(2,3)4;1-8-9(7-15-14(19)16-8)13-12(18)11(17)10(20-13)5-6-21(2,3)4;1-9-15-11(21)5-7-16(9)14-13(18)12(17)10(19-14)6-8-20(2,3)4;1-8-15-10(17)7-14-16(8)13-12(19)11(18)9(20-13)5-6-21(2,3)4/h8,11-14,18-19H,1,3,6-7H2,2,4-5H3,(H,16,20);9,11-13,15,18-19H,2-3,6-8H2,1,4-5H3,(H,16,20);7,9-12,17-18H,2,5-6H2,1,3-4H3,(H,15,20);7,10-13,17-18H,1-2,5-6H2,3-4H3,(H2,15,16,19);5,7,10,12-14,17-18H,1-2,6,8H2,3-4H3,(H,15,21);7,9,11-13,18-19H,1-2,5-6H2,3-4H3,(H,15,17)/t11-,12-,13-,14+;9?,11-,12-,13-,15-;9-,10-,11-,12+;10-,11-,12-,13+;10-,12-,13-,14-;9-,11-,12-,13-/m111111/s1. The van der Waals surface area contributed by atoms with Crippen LogP contribution >= 0.6 is 53.5 Å². The number of aliphatic hydroxyl groups is 12. The van der Waals surface area contributed by atoms with E-state index in [0.717, 1.165) is 47.8 Å². The fourth-order valence-electron chi connectivity index (χ4n) is 15.0. The summed E-state index contributed by atoms with van der Waals surface area (Å²) in [5.74, 6) is 0.458. The maximum Gasteiger partial charge on any atom is 0.328 e. The van der Waals surface area contributed by atoms with Crippen molar-refractivity contribution in [1.82, 2.24) is 61.2 Å². The molecule has 7 fully saturated rings. The number of hydrogen-bond donors (Lipinski definition) is 19. The van der Waals surface area contributed by atoms with Crippen LogP contribution in [0.15, 0.2) is 118 Å². The fraction of sp³-hybridized carbons (Fsp3) is 0.624. The zero-order chi connectivity index (χ0) is 97.3. The highest BCUT2D eigenvalue weighted by atomic mass is 32.1. The maximum atomic E-state index is 12.1. The van der Waals surface area contributed by atoms with Crippen LogP contribution in [-0.4, -0.2) is 435 Å².